The topological polar surface area (TPSA) is 64.1 Å². The van der Waals surface area contributed by atoms with Crippen molar-refractivity contribution in [1.29, 1.82) is 0 Å². The van der Waals surface area contributed by atoms with Gasteiger partial charge in [-0.25, -0.2) is 4.39 Å². The highest BCUT2D eigenvalue weighted by molar-refractivity contribution is 6.04. The van der Waals surface area contributed by atoms with Crippen LogP contribution in [-0.4, -0.2) is 22.5 Å². The van der Waals surface area contributed by atoms with Gasteiger partial charge in [0.1, 0.15) is 5.82 Å². The Morgan fingerprint density at radius 1 is 1.23 bits per heavy atom. The van der Waals surface area contributed by atoms with Gasteiger partial charge in [0, 0.05) is 5.56 Å². The molecule has 5 nitrogen and oxygen atoms in total. The minimum atomic E-state index is -0.413. The Morgan fingerprint density at radius 3 is 2.41 bits per heavy atom. The minimum Gasteiger partial charge on any atom is -0.464 e. The molecule has 1 aromatic heterocycles. The molecule has 0 radical (unpaired) electrons. The van der Waals surface area contributed by atoms with E-state index in [0.29, 0.717) is 29.2 Å². The van der Waals surface area contributed by atoms with Crippen molar-refractivity contribution in [1.82, 2.24) is 9.97 Å². The monoisotopic (exact) mass is 303 g/mol. The zero-order chi connectivity index (χ0) is 16.3. The number of benzene rings is 1. The van der Waals surface area contributed by atoms with E-state index in [0.717, 1.165) is 0 Å². The lowest BCUT2D eigenvalue weighted by Gasteiger charge is -2.12. The number of carbonyl (C=O) groups excluding carboxylic acids is 1. The fourth-order valence-electron chi connectivity index (χ4n) is 1.98. The van der Waals surface area contributed by atoms with Gasteiger partial charge >= 0.3 is 6.01 Å². The molecular weight excluding hydrogens is 285 g/mol. The average molecular weight is 303 g/mol. The summed E-state index contributed by atoms with van der Waals surface area (Å²) in [6.07, 6.45) is 0. The maximum Gasteiger partial charge on any atom is 0.316 e. The van der Waals surface area contributed by atoms with Gasteiger partial charge in [0.15, 0.2) is 0 Å². The van der Waals surface area contributed by atoms with Gasteiger partial charge in [0.2, 0.25) is 0 Å². The summed E-state index contributed by atoms with van der Waals surface area (Å²) in [6.45, 7) is 7.46. The van der Waals surface area contributed by atoms with E-state index in [-0.39, 0.29) is 11.6 Å². The molecule has 0 saturated heterocycles. The van der Waals surface area contributed by atoms with Crippen molar-refractivity contribution in [3.63, 3.8) is 0 Å². The van der Waals surface area contributed by atoms with E-state index in [1.165, 1.54) is 6.07 Å². The normalized spacial score (nSPS) is 10.4. The smallest absolute Gasteiger partial charge is 0.316 e. The van der Waals surface area contributed by atoms with Crippen molar-refractivity contribution in [2.75, 3.05) is 11.9 Å². The molecule has 116 valence electrons. The molecule has 0 aliphatic heterocycles. The summed E-state index contributed by atoms with van der Waals surface area (Å²) in [4.78, 5) is 20.6. The van der Waals surface area contributed by atoms with Gasteiger partial charge in [0.25, 0.3) is 5.91 Å². The number of nitrogens with zero attached hydrogens (tertiary/aromatic N) is 2. The van der Waals surface area contributed by atoms with Crippen LogP contribution in [-0.2, 0) is 0 Å². The van der Waals surface area contributed by atoms with Crippen LogP contribution in [0.3, 0.4) is 0 Å². The molecule has 0 atom stereocenters. The summed E-state index contributed by atoms with van der Waals surface area (Å²) in [6, 6.07) is 4.63. The number of aromatic nitrogens is 2. The van der Waals surface area contributed by atoms with Crippen LogP contribution in [0.15, 0.2) is 18.2 Å². The Bertz CT molecular complexity index is 694. The lowest BCUT2D eigenvalue weighted by Crippen LogP contribution is -2.16. The van der Waals surface area contributed by atoms with Crippen molar-refractivity contribution in [3.05, 3.63) is 46.5 Å². The Labute approximate surface area is 128 Å². The molecule has 0 saturated carbocycles. The summed E-state index contributed by atoms with van der Waals surface area (Å²) in [5, 5.41) is 2.72. The first kappa shape index (κ1) is 15.9. The number of carbonyl (C=O) groups is 1. The van der Waals surface area contributed by atoms with Crippen LogP contribution in [0.2, 0.25) is 0 Å². The Morgan fingerprint density at radius 2 is 1.86 bits per heavy atom. The fraction of sp³-hybridized carbons (Fsp3) is 0.312. The van der Waals surface area contributed by atoms with Crippen LogP contribution in [0, 0.1) is 26.6 Å². The molecule has 0 aliphatic carbocycles. The van der Waals surface area contributed by atoms with Crippen molar-refractivity contribution in [2.24, 2.45) is 0 Å². The SMILES string of the molecule is CCOc1nc(C)c(NC(=O)c2ccc(C)c(F)c2)c(C)n1. The molecule has 0 spiro atoms. The van der Waals surface area contributed by atoms with E-state index in [2.05, 4.69) is 15.3 Å². The summed E-state index contributed by atoms with van der Waals surface area (Å²) >= 11 is 0. The Balaban J connectivity index is 2.26. The van der Waals surface area contributed by atoms with E-state index >= 15 is 0 Å². The van der Waals surface area contributed by atoms with Crippen molar-refractivity contribution in [2.45, 2.75) is 27.7 Å². The van der Waals surface area contributed by atoms with Gasteiger partial charge in [-0.2, -0.15) is 9.97 Å². The van der Waals surface area contributed by atoms with Gasteiger partial charge in [-0.3, -0.25) is 4.79 Å². The number of halogens is 1. The minimum absolute atomic E-state index is 0.246. The maximum absolute atomic E-state index is 13.6. The van der Waals surface area contributed by atoms with E-state index in [4.69, 9.17) is 4.74 Å². The molecule has 1 N–H and O–H groups in total. The van der Waals surface area contributed by atoms with Crippen LogP contribution in [0.25, 0.3) is 0 Å². The third-order valence-electron chi connectivity index (χ3n) is 3.20. The molecule has 2 aromatic rings. The van der Waals surface area contributed by atoms with Crippen LogP contribution in [0.4, 0.5) is 10.1 Å². The third-order valence-corrected chi connectivity index (χ3v) is 3.20. The number of anilines is 1. The van der Waals surface area contributed by atoms with Gasteiger partial charge < -0.3 is 10.1 Å². The number of ether oxygens (including phenoxy) is 1. The van der Waals surface area contributed by atoms with Crippen LogP contribution in [0.5, 0.6) is 6.01 Å². The number of amides is 1. The summed E-state index contributed by atoms with van der Waals surface area (Å²) < 4.78 is 18.8. The highest BCUT2D eigenvalue weighted by Gasteiger charge is 2.14. The second-order valence-corrected chi connectivity index (χ2v) is 4.90. The first-order chi connectivity index (χ1) is 10.4. The molecule has 2 rings (SSSR count). The Hall–Kier alpha value is -2.50. The van der Waals surface area contributed by atoms with Crippen LogP contribution in [0.1, 0.15) is 34.2 Å². The lowest BCUT2D eigenvalue weighted by molar-refractivity contribution is 0.102. The average Bonchev–Trinajstić information content (AvgIpc) is 2.46. The predicted octanol–water partition coefficient (Wildman–Crippen LogP) is 3.19. The molecule has 1 aromatic carbocycles. The zero-order valence-electron chi connectivity index (χ0n) is 13.0. The quantitative estimate of drug-likeness (QED) is 0.942. The van der Waals surface area contributed by atoms with Crippen molar-refractivity contribution in [3.8, 4) is 6.01 Å². The summed E-state index contributed by atoms with van der Waals surface area (Å²) in [7, 11) is 0. The molecule has 0 aliphatic rings. The predicted molar refractivity (Wildman–Crippen MR) is 81.8 cm³/mol. The molecule has 6 heteroatoms. The second kappa shape index (κ2) is 6.51. The lowest BCUT2D eigenvalue weighted by atomic mass is 10.1. The maximum atomic E-state index is 13.6. The van der Waals surface area contributed by atoms with E-state index in [9.17, 15) is 9.18 Å². The van der Waals surface area contributed by atoms with Crippen LogP contribution >= 0.6 is 0 Å². The second-order valence-electron chi connectivity index (χ2n) is 4.90. The largest absolute Gasteiger partial charge is 0.464 e. The number of nitrogens with one attached hydrogen (secondary N) is 1. The summed E-state index contributed by atoms with van der Waals surface area (Å²) in [5.41, 5.74) is 2.44. The van der Waals surface area contributed by atoms with Crippen molar-refractivity contribution >= 4 is 11.6 Å². The van der Waals surface area contributed by atoms with Gasteiger partial charge in [-0.15, -0.1) is 0 Å². The molecule has 0 bridgehead atoms. The van der Waals surface area contributed by atoms with E-state index < -0.39 is 11.7 Å². The molecule has 0 unspecified atom stereocenters. The fourth-order valence-corrected chi connectivity index (χ4v) is 1.98. The van der Waals surface area contributed by atoms with Crippen molar-refractivity contribution < 1.29 is 13.9 Å². The van der Waals surface area contributed by atoms with Crippen LogP contribution < -0.4 is 10.1 Å². The van der Waals surface area contributed by atoms with E-state index in [1.54, 1.807) is 32.9 Å². The molecule has 1 amide bonds. The number of aryl methyl sites for hydroxylation is 3. The molecular formula is C16H18FN3O2. The number of hydrogen-bond acceptors (Lipinski definition) is 4. The number of rotatable bonds is 4. The standard InChI is InChI=1S/C16H18FN3O2/c1-5-22-16-18-10(3)14(11(4)19-16)20-15(21)12-7-6-9(2)13(17)8-12/h6-8H,5H2,1-4H3,(H,20,21). The Kier molecular flexibility index (Phi) is 4.70. The number of hydrogen-bond donors (Lipinski definition) is 1. The highest BCUT2D eigenvalue weighted by Crippen LogP contribution is 2.21. The van der Waals surface area contributed by atoms with Gasteiger partial charge in [-0.1, -0.05) is 6.07 Å². The highest BCUT2D eigenvalue weighted by atomic mass is 19.1. The van der Waals surface area contributed by atoms with E-state index in [1.807, 2.05) is 6.92 Å². The van der Waals surface area contributed by atoms with Gasteiger partial charge in [0.05, 0.1) is 23.7 Å². The molecule has 1 heterocycles. The first-order valence-corrected chi connectivity index (χ1v) is 6.98. The summed E-state index contributed by atoms with van der Waals surface area (Å²) in [5.74, 6) is -0.818. The zero-order valence-corrected chi connectivity index (χ0v) is 13.0. The third kappa shape index (κ3) is 3.39. The molecule has 0 fully saturated rings. The van der Waals surface area contributed by atoms with Gasteiger partial charge in [-0.05, 0) is 45.4 Å². The molecule has 22 heavy (non-hydrogen) atoms. The first-order valence-electron chi connectivity index (χ1n) is 6.98.